The first kappa shape index (κ1) is 21.5. The van der Waals surface area contributed by atoms with Crippen molar-refractivity contribution in [3.8, 4) is 5.75 Å². The number of hydrogen-bond donors (Lipinski definition) is 0. The summed E-state index contributed by atoms with van der Waals surface area (Å²) in [5, 5.41) is 0. The zero-order chi connectivity index (χ0) is 21.8. The second kappa shape index (κ2) is 9.58. The van der Waals surface area contributed by atoms with Crippen molar-refractivity contribution < 1.29 is 9.53 Å². The Morgan fingerprint density at radius 1 is 1.16 bits per heavy atom. The number of nitrogens with zero attached hydrogens (tertiary/aromatic N) is 3. The van der Waals surface area contributed by atoms with E-state index in [1.54, 1.807) is 18.5 Å². The first-order chi connectivity index (χ1) is 15.0. The molecule has 0 aliphatic carbocycles. The Labute approximate surface area is 189 Å². The summed E-state index contributed by atoms with van der Waals surface area (Å²) in [5.74, 6) is 0.368. The molecule has 0 N–H and O–H groups in total. The van der Waals surface area contributed by atoms with E-state index in [9.17, 15) is 9.59 Å². The molecule has 7 heteroatoms. The van der Waals surface area contributed by atoms with E-state index in [0.717, 1.165) is 35.4 Å². The fourth-order valence-electron chi connectivity index (χ4n) is 3.53. The Kier molecular flexibility index (Phi) is 6.63. The molecule has 31 heavy (non-hydrogen) atoms. The highest BCUT2D eigenvalue weighted by Crippen LogP contribution is 2.17. The van der Waals surface area contributed by atoms with Gasteiger partial charge in [-0.2, -0.15) is 0 Å². The van der Waals surface area contributed by atoms with Gasteiger partial charge in [-0.25, -0.2) is 0 Å². The summed E-state index contributed by atoms with van der Waals surface area (Å²) in [6.45, 7) is 5.41. The van der Waals surface area contributed by atoms with Crippen molar-refractivity contribution >= 4 is 21.7 Å². The summed E-state index contributed by atoms with van der Waals surface area (Å²) < 4.78 is 7.95. The van der Waals surface area contributed by atoms with Gasteiger partial charge in [-0.05, 0) is 71.7 Å². The summed E-state index contributed by atoms with van der Waals surface area (Å²) in [7, 11) is 0. The average molecular weight is 482 g/mol. The van der Waals surface area contributed by atoms with Crippen LogP contribution in [0.5, 0.6) is 5.75 Å². The lowest BCUT2D eigenvalue weighted by Gasteiger charge is -2.30. The maximum Gasteiger partial charge on any atom is 0.254 e. The minimum atomic E-state index is -0.276. The quantitative estimate of drug-likeness (QED) is 0.455. The molecule has 1 aliphatic heterocycles. The Bertz CT molecular complexity index is 1140. The number of benzene rings is 1. The smallest absolute Gasteiger partial charge is 0.254 e. The topological polar surface area (TPSA) is 64.4 Å². The fraction of sp³-hybridized carbons (Fsp3) is 0.292. The van der Waals surface area contributed by atoms with E-state index in [-0.39, 0.29) is 24.5 Å². The molecule has 0 bridgehead atoms. The number of ketones is 1. The molecular formula is C24H24BrN3O3. The number of carbonyl (C=O) groups excluding carboxylic acids is 1. The van der Waals surface area contributed by atoms with Crippen molar-refractivity contribution in [3.63, 3.8) is 0 Å². The van der Waals surface area contributed by atoms with E-state index in [1.165, 1.54) is 22.6 Å². The van der Waals surface area contributed by atoms with Gasteiger partial charge in [0.2, 0.25) is 0 Å². The van der Waals surface area contributed by atoms with Gasteiger partial charge in [-0.1, -0.05) is 18.2 Å². The van der Waals surface area contributed by atoms with Crippen LogP contribution in [-0.4, -0.2) is 33.3 Å². The van der Waals surface area contributed by atoms with E-state index in [1.807, 2.05) is 31.2 Å². The third kappa shape index (κ3) is 5.48. The van der Waals surface area contributed by atoms with Crippen LogP contribution < -0.4 is 10.3 Å². The largest absolute Gasteiger partial charge is 0.487 e. The monoisotopic (exact) mass is 481 g/mol. The zero-order valence-electron chi connectivity index (χ0n) is 17.4. The molecule has 4 rings (SSSR count). The van der Waals surface area contributed by atoms with E-state index in [0.29, 0.717) is 11.3 Å². The van der Waals surface area contributed by atoms with E-state index >= 15 is 0 Å². The number of hydrogen-bond acceptors (Lipinski definition) is 5. The summed E-state index contributed by atoms with van der Waals surface area (Å²) in [5.41, 5.74) is 3.30. The van der Waals surface area contributed by atoms with Gasteiger partial charge in [0.05, 0.1) is 12.2 Å². The molecule has 3 heterocycles. The first-order valence-corrected chi connectivity index (χ1v) is 11.1. The number of rotatable bonds is 8. The van der Waals surface area contributed by atoms with E-state index < -0.39 is 0 Å². The van der Waals surface area contributed by atoms with Crippen molar-refractivity contribution in [1.82, 2.24) is 14.5 Å². The van der Waals surface area contributed by atoms with Crippen molar-refractivity contribution in [2.45, 2.75) is 33.0 Å². The summed E-state index contributed by atoms with van der Waals surface area (Å²) in [6.07, 6.45) is 4.55. The highest BCUT2D eigenvalue weighted by Gasteiger charge is 2.16. The maximum absolute atomic E-state index is 12.8. The van der Waals surface area contributed by atoms with Crippen molar-refractivity contribution in [2.75, 3.05) is 13.1 Å². The minimum absolute atomic E-state index is 0.000305. The molecule has 6 nitrogen and oxygen atoms in total. The highest BCUT2D eigenvalue weighted by atomic mass is 79.9. The fourth-order valence-corrected chi connectivity index (χ4v) is 3.77. The zero-order valence-corrected chi connectivity index (χ0v) is 19.0. The number of Topliss-reactive ketones (excluding diaryl/α,β-unsaturated/α-hetero) is 1. The normalized spacial score (nSPS) is 13.6. The standard InChI is InChI=1S/C24H24BrN3O3/c1-17-11-18(14-27-8-2-9-27)3-6-22(17)23(29)15-28-10-7-21(12-24(28)30)31-16-20-5-4-19(25)13-26-20/h3-7,10-13H,2,8-9,14-16H2,1H3. The predicted molar refractivity (Wildman–Crippen MR) is 122 cm³/mol. The van der Waals surface area contributed by atoms with Gasteiger partial charge in [-0.3, -0.25) is 19.5 Å². The molecule has 2 aromatic heterocycles. The van der Waals surface area contributed by atoms with Crippen LogP contribution in [0.15, 0.2) is 64.1 Å². The number of carbonyl (C=O) groups is 1. The van der Waals surface area contributed by atoms with Gasteiger partial charge in [0.1, 0.15) is 12.4 Å². The Balaban J connectivity index is 1.38. The number of aromatic nitrogens is 2. The number of pyridine rings is 2. The second-order valence-electron chi connectivity index (χ2n) is 7.79. The molecule has 160 valence electrons. The molecule has 0 radical (unpaired) electrons. The Hall–Kier alpha value is -2.77. The van der Waals surface area contributed by atoms with Crippen LogP contribution in [0, 0.1) is 6.92 Å². The molecule has 1 saturated heterocycles. The summed E-state index contributed by atoms with van der Waals surface area (Å²) in [4.78, 5) is 31.9. The number of ether oxygens (including phenoxy) is 1. The number of likely N-dealkylation sites (tertiary alicyclic amines) is 1. The minimum Gasteiger partial charge on any atom is -0.487 e. The van der Waals surface area contributed by atoms with Crippen molar-refractivity contribution in [2.24, 2.45) is 0 Å². The lowest BCUT2D eigenvalue weighted by atomic mass is 10.0. The van der Waals surface area contributed by atoms with Gasteiger partial charge < -0.3 is 9.30 Å². The van der Waals surface area contributed by atoms with Gasteiger partial charge >= 0.3 is 0 Å². The van der Waals surface area contributed by atoms with Crippen molar-refractivity contribution in [3.05, 3.63) is 92.1 Å². The molecule has 1 aliphatic rings. The molecule has 0 saturated carbocycles. The number of aryl methyl sites for hydroxylation is 1. The van der Waals surface area contributed by atoms with Gasteiger partial charge in [0.25, 0.3) is 5.56 Å². The lowest BCUT2D eigenvalue weighted by molar-refractivity contribution is 0.0970. The first-order valence-electron chi connectivity index (χ1n) is 10.3. The van der Waals surface area contributed by atoms with Gasteiger partial charge in [0, 0.05) is 35.0 Å². The lowest BCUT2D eigenvalue weighted by Crippen LogP contribution is -2.36. The van der Waals surface area contributed by atoms with Gasteiger partial charge in [-0.15, -0.1) is 0 Å². The molecule has 0 amide bonds. The molecule has 0 unspecified atom stereocenters. The molecule has 1 fully saturated rings. The van der Waals surface area contributed by atoms with Crippen LogP contribution in [0.4, 0.5) is 0 Å². The van der Waals surface area contributed by atoms with Crippen LogP contribution in [0.2, 0.25) is 0 Å². The maximum atomic E-state index is 12.8. The van der Waals surface area contributed by atoms with E-state index in [4.69, 9.17) is 4.74 Å². The number of halogens is 1. The van der Waals surface area contributed by atoms with Gasteiger partial charge in [0.15, 0.2) is 5.78 Å². The van der Waals surface area contributed by atoms with Crippen molar-refractivity contribution in [1.29, 1.82) is 0 Å². The molecule has 1 aromatic carbocycles. The average Bonchev–Trinajstić information content (AvgIpc) is 2.72. The van der Waals surface area contributed by atoms with Crippen LogP contribution in [0.3, 0.4) is 0 Å². The molecule has 0 spiro atoms. The highest BCUT2D eigenvalue weighted by molar-refractivity contribution is 9.10. The second-order valence-corrected chi connectivity index (χ2v) is 8.70. The predicted octanol–water partition coefficient (Wildman–Crippen LogP) is 3.98. The molecule has 3 aromatic rings. The summed E-state index contributed by atoms with van der Waals surface area (Å²) >= 11 is 3.34. The van der Waals surface area contributed by atoms with Crippen LogP contribution in [0.25, 0.3) is 0 Å². The Morgan fingerprint density at radius 3 is 2.65 bits per heavy atom. The Morgan fingerprint density at radius 2 is 2.00 bits per heavy atom. The van der Waals surface area contributed by atoms with Crippen LogP contribution >= 0.6 is 15.9 Å². The molecular weight excluding hydrogens is 458 g/mol. The van der Waals surface area contributed by atoms with Crippen LogP contribution in [0.1, 0.15) is 33.6 Å². The SMILES string of the molecule is Cc1cc(CN2CCC2)ccc1C(=O)Cn1ccc(OCc2ccc(Br)cn2)cc1=O. The third-order valence-corrected chi connectivity index (χ3v) is 5.87. The third-order valence-electron chi connectivity index (χ3n) is 5.40. The van der Waals surface area contributed by atoms with Crippen LogP contribution in [-0.2, 0) is 19.7 Å². The molecule has 0 atom stereocenters. The summed E-state index contributed by atoms with van der Waals surface area (Å²) in [6, 6.07) is 12.8. The van der Waals surface area contributed by atoms with E-state index in [2.05, 4.69) is 31.9 Å².